The number of aryl methyl sites for hydroxylation is 2. The number of halogens is 2. The van der Waals surface area contributed by atoms with Crippen LogP contribution in [0.2, 0.25) is 0 Å². The Hall–Kier alpha value is -1.89. The van der Waals surface area contributed by atoms with Crippen LogP contribution in [0.5, 0.6) is 5.75 Å². The van der Waals surface area contributed by atoms with E-state index in [1.165, 1.54) is 12.1 Å². The van der Waals surface area contributed by atoms with E-state index >= 15 is 0 Å². The second kappa shape index (κ2) is 6.26. The molecule has 7 heteroatoms. The van der Waals surface area contributed by atoms with E-state index in [0.29, 0.717) is 0 Å². The van der Waals surface area contributed by atoms with Crippen LogP contribution in [0, 0.1) is 5.82 Å². The highest BCUT2D eigenvalue weighted by atomic mass is 79.9. The first-order chi connectivity index (χ1) is 9.93. The Kier molecular flexibility index (Phi) is 4.62. The number of hydrogen-bond acceptors (Lipinski definition) is 3. The number of benzene rings is 1. The third-order valence-corrected chi connectivity index (χ3v) is 3.96. The van der Waals surface area contributed by atoms with Crippen molar-refractivity contribution < 1.29 is 19.0 Å². The fourth-order valence-corrected chi connectivity index (χ4v) is 2.62. The third-order valence-electron chi connectivity index (χ3n) is 3.05. The molecule has 2 rings (SSSR count). The number of carboxylic acid groups (broad SMARTS) is 1. The van der Waals surface area contributed by atoms with Crippen molar-refractivity contribution >= 4 is 21.9 Å². The van der Waals surface area contributed by atoms with Crippen molar-refractivity contribution in [2.75, 3.05) is 0 Å². The van der Waals surface area contributed by atoms with Gasteiger partial charge < -0.3 is 9.84 Å². The number of aromatic carboxylic acids is 1. The fourth-order valence-electron chi connectivity index (χ4n) is 1.89. The molecule has 0 bridgehead atoms. The van der Waals surface area contributed by atoms with Gasteiger partial charge in [-0.25, -0.2) is 9.18 Å². The van der Waals surface area contributed by atoms with Gasteiger partial charge in [0.1, 0.15) is 18.2 Å². The Morgan fingerprint density at radius 2 is 2.24 bits per heavy atom. The molecule has 112 valence electrons. The summed E-state index contributed by atoms with van der Waals surface area (Å²) < 4.78 is 21.6. The molecular formula is C14H14BrFN2O3. The molecule has 1 heterocycles. The summed E-state index contributed by atoms with van der Waals surface area (Å²) in [6, 6.07) is 3.68. The lowest BCUT2D eigenvalue weighted by Crippen LogP contribution is -2.05. The van der Waals surface area contributed by atoms with Crippen molar-refractivity contribution in [1.82, 2.24) is 9.78 Å². The van der Waals surface area contributed by atoms with Crippen LogP contribution in [0.3, 0.4) is 0 Å². The largest absolute Gasteiger partial charge is 0.487 e. The van der Waals surface area contributed by atoms with Crippen molar-refractivity contribution in [3.05, 3.63) is 45.4 Å². The zero-order valence-corrected chi connectivity index (χ0v) is 13.1. The van der Waals surface area contributed by atoms with Crippen molar-refractivity contribution in [3.8, 4) is 5.75 Å². The first-order valence-electron chi connectivity index (χ1n) is 6.30. The number of hydrogen-bond donors (Lipinski definition) is 1. The van der Waals surface area contributed by atoms with Crippen LogP contribution in [-0.4, -0.2) is 20.9 Å². The van der Waals surface area contributed by atoms with E-state index in [0.717, 1.165) is 28.3 Å². The van der Waals surface area contributed by atoms with Crippen LogP contribution >= 0.6 is 15.9 Å². The van der Waals surface area contributed by atoms with E-state index in [-0.39, 0.29) is 17.9 Å². The van der Waals surface area contributed by atoms with Crippen molar-refractivity contribution in [1.29, 1.82) is 0 Å². The maximum Gasteiger partial charge on any atom is 0.338 e. The van der Waals surface area contributed by atoms with Gasteiger partial charge in [-0.05, 0) is 34.5 Å². The molecule has 5 nitrogen and oxygen atoms in total. The normalized spacial score (nSPS) is 10.7. The van der Waals surface area contributed by atoms with E-state index in [1.807, 2.05) is 6.92 Å². The highest BCUT2D eigenvalue weighted by Gasteiger charge is 2.14. The van der Waals surface area contributed by atoms with Crippen LogP contribution in [-0.2, 0) is 20.1 Å². The molecule has 0 spiro atoms. The maximum absolute atomic E-state index is 13.6. The lowest BCUT2D eigenvalue weighted by Gasteiger charge is -2.08. The number of nitrogens with zero attached hydrogens (tertiary/aromatic N) is 2. The summed E-state index contributed by atoms with van der Waals surface area (Å²) in [6.07, 6.45) is 0.788. The Bertz CT molecular complexity index is 685. The highest BCUT2D eigenvalue weighted by Crippen LogP contribution is 2.24. The number of carbonyl (C=O) groups is 1. The van der Waals surface area contributed by atoms with E-state index in [9.17, 15) is 9.18 Å². The fraction of sp³-hybridized carbons (Fsp3) is 0.286. The van der Waals surface area contributed by atoms with Crippen molar-refractivity contribution in [2.24, 2.45) is 7.05 Å². The molecular weight excluding hydrogens is 343 g/mol. The average molecular weight is 357 g/mol. The highest BCUT2D eigenvalue weighted by molar-refractivity contribution is 9.10. The zero-order valence-electron chi connectivity index (χ0n) is 11.6. The molecule has 0 saturated heterocycles. The average Bonchev–Trinajstić information content (AvgIpc) is 2.71. The lowest BCUT2D eigenvalue weighted by atomic mass is 10.2. The lowest BCUT2D eigenvalue weighted by molar-refractivity contribution is 0.0692. The Morgan fingerprint density at radius 3 is 2.76 bits per heavy atom. The molecule has 21 heavy (non-hydrogen) atoms. The van der Waals surface area contributed by atoms with Gasteiger partial charge in [-0.3, -0.25) is 4.68 Å². The predicted molar refractivity (Wildman–Crippen MR) is 78.0 cm³/mol. The Morgan fingerprint density at radius 1 is 1.52 bits per heavy atom. The number of aromatic nitrogens is 2. The minimum atomic E-state index is -1.30. The van der Waals surface area contributed by atoms with E-state index in [2.05, 4.69) is 21.0 Å². The molecule has 0 aliphatic heterocycles. The van der Waals surface area contributed by atoms with Gasteiger partial charge in [-0.15, -0.1) is 0 Å². The molecule has 0 unspecified atom stereocenters. The van der Waals surface area contributed by atoms with Crippen LogP contribution < -0.4 is 4.74 Å². The SMILES string of the molecule is CCc1nn(C)c(COc2ccc(C(=O)O)c(F)c2)c1Br. The number of carboxylic acids is 1. The molecule has 1 N–H and O–H groups in total. The first-order valence-corrected chi connectivity index (χ1v) is 7.09. The van der Waals surface area contributed by atoms with Gasteiger partial charge in [0, 0.05) is 13.1 Å². The van der Waals surface area contributed by atoms with Gasteiger partial charge >= 0.3 is 5.97 Å². The van der Waals surface area contributed by atoms with Crippen molar-refractivity contribution in [3.63, 3.8) is 0 Å². The van der Waals surface area contributed by atoms with Gasteiger partial charge in [-0.1, -0.05) is 6.92 Å². The summed E-state index contributed by atoms with van der Waals surface area (Å²) in [5.41, 5.74) is 1.37. The van der Waals surface area contributed by atoms with Crippen LogP contribution in [0.4, 0.5) is 4.39 Å². The summed E-state index contributed by atoms with van der Waals surface area (Å²) in [4.78, 5) is 10.7. The number of rotatable bonds is 5. The Balaban J connectivity index is 2.15. The molecule has 0 fully saturated rings. The molecule has 1 aromatic carbocycles. The molecule has 0 radical (unpaired) electrons. The molecule has 0 aliphatic rings. The van der Waals surface area contributed by atoms with E-state index < -0.39 is 11.8 Å². The molecule has 0 saturated carbocycles. The zero-order chi connectivity index (χ0) is 15.6. The monoisotopic (exact) mass is 356 g/mol. The molecule has 2 aromatic rings. The first kappa shape index (κ1) is 15.5. The maximum atomic E-state index is 13.6. The third kappa shape index (κ3) is 3.24. The van der Waals surface area contributed by atoms with E-state index in [4.69, 9.17) is 9.84 Å². The molecule has 1 aromatic heterocycles. The van der Waals surface area contributed by atoms with Gasteiger partial charge in [-0.2, -0.15) is 5.10 Å². The minimum Gasteiger partial charge on any atom is -0.487 e. The number of ether oxygens (including phenoxy) is 1. The summed E-state index contributed by atoms with van der Waals surface area (Å²) in [7, 11) is 1.80. The van der Waals surface area contributed by atoms with Crippen molar-refractivity contribution in [2.45, 2.75) is 20.0 Å². The quantitative estimate of drug-likeness (QED) is 0.893. The summed E-state index contributed by atoms with van der Waals surface area (Å²) in [5.74, 6) is -1.86. The van der Waals surface area contributed by atoms with E-state index in [1.54, 1.807) is 11.7 Å². The van der Waals surface area contributed by atoms with Gasteiger partial charge in [0.15, 0.2) is 0 Å². The molecule has 0 aliphatic carbocycles. The van der Waals surface area contributed by atoms with Gasteiger partial charge in [0.2, 0.25) is 0 Å². The Labute approximate surface area is 129 Å². The van der Waals surface area contributed by atoms with Crippen LogP contribution in [0.25, 0.3) is 0 Å². The van der Waals surface area contributed by atoms with Gasteiger partial charge in [0.25, 0.3) is 0 Å². The molecule has 0 amide bonds. The summed E-state index contributed by atoms with van der Waals surface area (Å²) >= 11 is 3.47. The summed E-state index contributed by atoms with van der Waals surface area (Å²) in [6.45, 7) is 2.20. The van der Waals surface area contributed by atoms with Crippen LogP contribution in [0.1, 0.15) is 28.7 Å². The minimum absolute atomic E-state index is 0.204. The second-order valence-corrected chi connectivity index (χ2v) is 5.21. The van der Waals surface area contributed by atoms with Crippen LogP contribution in [0.15, 0.2) is 22.7 Å². The standard InChI is InChI=1S/C14H14BrFN2O3/c1-3-11-13(15)12(18(2)17-11)7-21-8-4-5-9(14(19)20)10(16)6-8/h4-6H,3,7H2,1-2H3,(H,19,20). The van der Waals surface area contributed by atoms with Gasteiger partial charge in [0.05, 0.1) is 21.4 Å². The molecule has 0 atom stereocenters. The summed E-state index contributed by atoms with van der Waals surface area (Å²) in [5, 5.41) is 13.1. The predicted octanol–water partition coefficient (Wildman–Crippen LogP) is 3.16. The second-order valence-electron chi connectivity index (χ2n) is 4.42. The smallest absolute Gasteiger partial charge is 0.338 e. The topological polar surface area (TPSA) is 64.4 Å².